The first-order valence-electron chi connectivity index (χ1n) is 9.67. The second kappa shape index (κ2) is 6.27. The summed E-state index contributed by atoms with van der Waals surface area (Å²) >= 11 is 0. The quantitative estimate of drug-likeness (QED) is 0.526. The van der Waals surface area contributed by atoms with E-state index in [-0.39, 0.29) is 5.41 Å². The molecule has 0 amide bonds. The van der Waals surface area contributed by atoms with E-state index in [9.17, 15) is 5.26 Å². The largest absolute Gasteiger partial charge is 0.198 e. The molecule has 5 atom stereocenters. The Labute approximate surface area is 144 Å². The van der Waals surface area contributed by atoms with Gasteiger partial charge in [-0.05, 0) is 81.0 Å². The van der Waals surface area contributed by atoms with E-state index >= 15 is 0 Å². The molecule has 2 saturated carbocycles. The van der Waals surface area contributed by atoms with Crippen molar-refractivity contribution in [2.24, 2.45) is 34.0 Å². The fourth-order valence-corrected chi connectivity index (χ4v) is 6.49. The van der Waals surface area contributed by atoms with Gasteiger partial charge in [0.05, 0.1) is 11.5 Å². The van der Waals surface area contributed by atoms with Crippen LogP contribution in [0, 0.1) is 45.3 Å². The van der Waals surface area contributed by atoms with E-state index in [1.54, 1.807) is 0 Å². The van der Waals surface area contributed by atoms with Crippen LogP contribution in [0.25, 0.3) is 0 Å². The lowest BCUT2D eigenvalue weighted by atomic mass is 9.41. The molecule has 5 unspecified atom stereocenters. The zero-order chi connectivity index (χ0) is 17.5. The molecule has 2 rings (SSSR count). The number of nitriles is 1. The molecule has 0 saturated heterocycles. The van der Waals surface area contributed by atoms with E-state index in [2.05, 4.69) is 54.2 Å². The predicted molar refractivity (Wildman–Crippen MR) is 98.9 cm³/mol. The molecule has 1 heteroatoms. The minimum atomic E-state index is -0.126. The Morgan fingerprint density at radius 1 is 1.17 bits per heavy atom. The number of nitrogens with zero attached hydrogens (tertiary/aromatic N) is 1. The van der Waals surface area contributed by atoms with Gasteiger partial charge in [0.15, 0.2) is 0 Å². The second-order valence-electron chi connectivity index (χ2n) is 9.69. The maximum atomic E-state index is 9.89. The third kappa shape index (κ3) is 2.99. The van der Waals surface area contributed by atoms with E-state index in [1.807, 2.05) is 0 Å². The fourth-order valence-electron chi connectivity index (χ4n) is 6.49. The van der Waals surface area contributed by atoms with Crippen molar-refractivity contribution >= 4 is 0 Å². The molecule has 2 fully saturated rings. The molecule has 1 nitrogen and oxygen atoms in total. The van der Waals surface area contributed by atoms with E-state index < -0.39 is 0 Å². The highest BCUT2D eigenvalue weighted by Gasteiger charge is 2.60. The average Bonchev–Trinajstić information content (AvgIpc) is 2.46. The molecule has 0 aromatic rings. The molecular formula is C22H37N. The maximum absolute atomic E-state index is 9.89. The highest BCUT2D eigenvalue weighted by atomic mass is 14.6. The standard InChI is InChI=1S/C22H37N/c1-8-9-19-21(6,15-23)12-11-18-20(4,5)17(14-16(2)3)10-13-22(18,19)7/h17-19H,2,8-14H2,1,3-7H3. The van der Waals surface area contributed by atoms with Crippen LogP contribution >= 0.6 is 0 Å². The van der Waals surface area contributed by atoms with Crippen LogP contribution in [0.5, 0.6) is 0 Å². The molecule has 23 heavy (non-hydrogen) atoms. The number of hydrogen-bond donors (Lipinski definition) is 0. The molecule has 130 valence electrons. The monoisotopic (exact) mass is 315 g/mol. The molecule has 0 N–H and O–H groups in total. The smallest absolute Gasteiger partial charge is 0.0689 e. The Morgan fingerprint density at radius 3 is 2.35 bits per heavy atom. The summed E-state index contributed by atoms with van der Waals surface area (Å²) in [5, 5.41) is 9.89. The lowest BCUT2D eigenvalue weighted by molar-refractivity contribution is -0.138. The normalized spacial score (nSPS) is 42.6. The molecular weight excluding hydrogens is 278 g/mol. The van der Waals surface area contributed by atoms with Gasteiger partial charge in [0.25, 0.3) is 0 Å². The van der Waals surface area contributed by atoms with Gasteiger partial charge in [-0.3, -0.25) is 0 Å². The van der Waals surface area contributed by atoms with Gasteiger partial charge in [0.1, 0.15) is 0 Å². The first-order chi connectivity index (χ1) is 10.6. The van der Waals surface area contributed by atoms with E-state index in [1.165, 1.54) is 44.1 Å². The Morgan fingerprint density at radius 2 is 1.83 bits per heavy atom. The van der Waals surface area contributed by atoms with Crippen LogP contribution in [0.4, 0.5) is 0 Å². The zero-order valence-electron chi connectivity index (χ0n) is 16.3. The molecule has 0 bridgehead atoms. The summed E-state index contributed by atoms with van der Waals surface area (Å²) in [7, 11) is 0. The number of fused-ring (bicyclic) bond motifs is 1. The van der Waals surface area contributed by atoms with Gasteiger partial charge >= 0.3 is 0 Å². The Balaban J connectivity index is 2.38. The first kappa shape index (κ1) is 18.6. The van der Waals surface area contributed by atoms with Gasteiger partial charge in [-0.2, -0.15) is 5.26 Å². The van der Waals surface area contributed by atoms with Crippen molar-refractivity contribution in [3.05, 3.63) is 12.2 Å². The van der Waals surface area contributed by atoms with Gasteiger partial charge in [0, 0.05) is 0 Å². The summed E-state index contributed by atoms with van der Waals surface area (Å²) in [6.45, 7) is 18.4. The van der Waals surface area contributed by atoms with Crippen LogP contribution in [-0.2, 0) is 0 Å². The van der Waals surface area contributed by atoms with Crippen molar-refractivity contribution in [3.63, 3.8) is 0 Å². The molecule has 0 spiro atoms. The summed E-state index contributed by atoms with van der Waals surface area (Å²) in [4.78, 5) is 0. The van der Waals surface area contributed by atoms with Crippen molar-refractivity contribution in [1.29, 1.82) is 5.26 Å². The van der Waals surface area contributed by atoms with Crippen molar-refractivity contribution in [2.75, 3.05) is 0 Å². The van der Waals surface area contributed by atoms with Crippen LogP contribution in [0.2, 0.25) is 0 Å². The van der Waals surface area contributed by atoms with Gasteiger partial charge in [-0.1, -0.05) is 39.7 Å². The molecule has 0 radical (unpaired) electrons. The van der Waals surface area contributed by atoms with Crippen molar-refractivity contribution in [3.8, 4) is 6.07 Å². The number of allylic oxidation sites excluding steroid dienone is 1. The molecule has 2 aliphatic carbocycles. The summed E-state index contributed by atoms with van der Waals surface area (Å²) < 4.78 is 0. The van der Waals surface area contributed by atoms with Gasteiger partial charge in [-0.25, -0.2) is 0 Å². The zero-order valence-corrected chi connectivity index (χ0v) is 16.3. The van der Waals surface area contributed by atoms with Crippen molar-refractivity contribution in [2.45, 2.75) is 86.5 Å². The highest BCUT2D eigenvalue weighted by Crippen LogP contribution is 2.66. The number of rotatable bonds is 4. The lowest BCUT2D eigenvalue weighted by Gasteiger charge is -2.63. The third-order valence-corrected chi connectivity index (χ3v) is 7.72. The summed E-state index contributed by atoms with van der Waals surface area (Å²) in [5.74, 6) is 2.05. The molecule has 0 aliphatic heterocycles. The molecule has 0 aromatic heterocycles. The highest BCUT2D eigenvalue weighted by molar-refractivity contribution is 5.14. The van der Waals surface area contributed by atoms with Crippen LogP contribution in [-0.4, -0.2) is 0 Å². The Bertz CT molecular complexity index is 497. The molecule has 0 aromatic carbocycles. The summed E-state index contributed by atoms with van der Waals surface area (Å²) in [5.41, 5.74) is 1.88. The minimum absolute atomic E-state index is 0.126. The lowest BCUT2D eigenvalue weighted by Crippen LogP contribution is -2.56. The minimum Gasteiger partial charge on any atom is -0.198 e. The SMILES string of the molecule is C=C(C)CC1CCC2(C)C(CCC)C(C)(C#N)CCC2C1(C)C. The Hall–Kier alpha value is -0.770. The fraction of sp³-hybridized carbons (Fsp3) is 0.864. The van der Waals surface area contributed by atoms with Gasteiger partial charge in [-0.15, -0.1) is 6.58 Å². The third-order valence-electron chi connectivity index (χ3n) is 7.72. The number of hydrogen-bond acceptors (Lipinski definition) is 1. The van der Waals surface area contributed by atoms with Crippen molar-refractivity contribution < 1.29 is 0 Å². The predicted octanol–water partition coefficient (Wildman–Crippen LogP) is 6.75. The van der Waals surface area contributed by atoms with Crippen LogP contribution in [0.1, 0.15) is 86.5 Å². The Kier molecular flexibility index (Phi) is 5.06. The molecule has 2 aliphatic rings. The first-order valence-corrected chi connectivity index (χ1v) is 9.67. The summed E-state index contributed by atoms with van der Waals surface area (Å²) in [6, 6.07) is 2.73. The topological polar surface area (TPSA) is 23.8 Å². The van der Waals surface area contributed by atoms with Crippen LogP contribution < -0.4 is 0 Å². The van der Waals surface area contributed by atoms with E-state index in [0.29, 0.717) is 16.7 Å². The molecule has 0 heterocycles. The van der Waals surface area contributed by atoms with Gasteiger partial charge in [0.2, 0.25) is 0 Å². The second-order valence-corrected chi connectivity index (χ2v) is 9.69. The van der Waals surface area contributed by atoms with Gasteiger partial charge < -0.3 is 0 Å². The average molecular weight is 316 g/mol. The van der Waals surface area contributed by atoms with Crippen LogP contribution in [0.15, 0.2) is 12.2 Å². The van der Waals surface area contributed by atoms with Crippen LogP contribution in [0.3, 0.4) is 0 Å². The summed E-state index contributed by atoms with van der Waals surface area (Å²) in [6.07, 6.45) is 8.47. The van der Waals surface area contributed by atoms with Crippen molar-refractivity contribution in [1.82, 2.24) is 0 Å². The van der Waals surface area contributed by atoms with E-state index in [4.69, 9.17) is 0 Å². The van der Waals surface area contributed by atoms with E-state index in [0.717, 1.165) is 18.3 Å². The maximum Gasteiger partial charge on any atom is 0.0689 e.